The molecule has 1 aromatic heterocycles. The number of carbonyl (C=O) groups is 3. The predicted molar refractivity (Wildman–Crippen MR) is 117 cm³/mol. The van der Waals surface area contributed by atoms with Gasteiger partial charge in [0.15, 0.2) is 0 Å². The Labute approximate surface area is 180 Å². The van der Waals surface area contributed by atoms with Crippen molar-refractivity contribution in [1.82, 2.24) is 15.2 Å². The molecule has 4 rings (SSSR count). The third kappa shape index (κ3) is 4.10. The number of rotatable bonds is 7. The van der Waals surface area contributed by atoms with Gasteiger partial charge in [0, 0.05) is 24.5 Å². The molecule has 156 valence electrons. The number of fused-ring (bicyclic) bond motifs is 1. The van der Waals surface area contributed by atoms with E-state index in [4.69, 9.17) is 0 Å². The minimum atomic E-state index is -0.372. The van der Waals surface area contributed by atoms with Crippen LogP contribution in [0.3, 0.4) is 0 Å². The zero-order chi connectivity index (χ0) is 21.8. The highest BCUT2D eigenvalue weighted by Crippen LogP contribution is 2.26. The van der Waals surface area contributed by atoms with Gasteiger partial charge in [-0.25, -0.2) is 0 Å². The summed E-state index contributed by atoms with van der Waals surface area (Å²) in [7, 11) is 0. The summed E-state index contributed by atoms with van der Waals surface area (Å²) < 4.78 is 0. The lowest BCUT2D eigenvalue weighted by Crippen LogP contribution is -2.30. The van der Waals surface area contributed by atoms with Crippen LogP contribution in [0.4, 0.5) is 0 Å². The second-order valence-electron chi connectivity index (χ2n) is 7.47. The van der Waals surface area contributed by atoms with Crippen molar-refractivity contribution in [2.24, 2.45) is 0 Å². The molecule has 1 aliphatic rings. The van der Waals surface area contributed by atoms with E-state index in [9.17, 15) is 14.4 Å². The first-order chi connectivity index (χ1) is 15.1. The normalized spacial score (nSPS) is 13.8. The summed E-state index contributed by atoms with van der Waals surface area (Å²) in [6, 6.07) is 17.7. The fourth-order valence-electron chi connectivity index (χ4n) is 3.73. The standard InChI is InChI=1S/C25H23N3O3/c1-2-3-15-28-24(30)20-10-9-19(16-21(20)25(28)31)23(29)27-22(17-7-5-4-6-8-17)18-11-13-26-14-12-18/h4-14,16,22H,2-3,15H2,1H3,(H,27,29). The van der Waals surface area contributed by atoms with Gasteiger partial charge in [0.2, 0.25) is 0 Å². The molecule has 3 amide bonds. The number of benzene rings is 2. The van der Waals surface area contributed by atoms with Crippen LogP contribution in [0.5, 0.6) is 0 Å². The van der Waals surface area contributed by atoms with E-state index in [2.05, 4.69) is 10.3 Å². The molecule has 3 aromatic rings. The van der Waals surface area contributed by atoms with Crippen LogP contribution < -0.4 is 5.32 Å². The molecule has 1 unspecified atom stereocenters. The lowest BCUT2D eigenvalue weighted by atomic mass is 9.98. The van der Waals surface area contributed by atoms with Crippen LogP contribution in [0.2, 0.25) is 0 Å². The van der Waals surface area contributed by atoms with Gasteiger partial charge in [-0.2, -0.15) is 0 Å². The molecule has 0 fully saturated rings. The van der Waals surface area contributed by atoms with Crippen molar-refractivity contribution in [2.45, 2.75) is 25.8 Å². The molecule has 0 saturated heterocycles. The van der Waals surface area contributed by atoms with Crippen LogP contribution in [0.25, 0.3) is 0 Å². The largest absolute Gasteiger partial charge is 0.341 e. The van der Waals surface area contributed by atoms with Gasteiger partial charge >= 0.3 is 0 Å². The highest BCUT2D eigenvalue weighted by molar-refractivity contribution is 6.22. The molecule has 0 bridgehead atoms. The molecule has 31 heavy (non-hydrogen) atoms. The van der Waals surface area contributed by atoms with E-state index < -0.39 is 0 Å². The molecule has 0 saturated carbocycles. The molecule has 0 spiro atoms. The van der Waals surface area contributed by atoms with E-state index in [1.165, 1.54) is 11.0 Å². The predicted octanol–water partition coefficient (Wildman–Crippen LogP) is 4.00. The minimum Gasteiger partial charge on any atom is -0.341 e. The van der Waals surface area contributed by atoms with E-state index in [1.807, 2.05) is 49.4 Å². The van der Waals surface area contributed by atoms with E-state index in [0.717, 1.165) is 24.0 Å². The van der Waals surface area contributed by atoms with Crippen LogP contribution in [0.15, 0.2) is 73.1 Å². The van der Waals surface area contributed by atoms with Gasteiger partial charge in [0.25, 0.3) is 17.7 Å². The Hall–Kier alpha value is -3.80. The van der Waals surface area contributed by atoms with E-state index in [1.54, 1.807) is 24.5 Å². The summed E-state index contributed by atoms with van der Waals surface area (Å²) in [6.07, 6.45) is 5.00. The number of aromatic nitrogens is 1. The Balaban J connectivity index is 1.61. The fourth-order valence-corrected chi connectivity index (χ4v) is 3.73. The van der Waals surface area contributed by atoms with Gasteiger partial charge in [-0.3, -0.25) is 24.3 Å². The van der Waals surface area contributed by atoms with Crippen LogP contribution in [-0.4, -0.2) is 34.2 Å². The van der Waals surface area contributed by atoms with E-state index in [0.29, 0.717) is 17.7 Å². The van der Waals surface area contributed by atoms with Crippen molar-refractivity contribution < 1.29 is 14.4 Å². The molecule has 2 aromatic carbocycles. The van der Waals surface area contributed by atoms with Crippen LogP contribution >= 0.6 is 0 Å². The molecule has 0 aliphatic carbocycles. The second kappa shape index (κ2) is 8.92. The first-order valence-corrected chi connectivity index (χ1v) is 10.4. The molecule has 6 nitrogen and oxygen atoms in total. The van der Waals surface area contributed by atoms with Gasteiger partial charge in [-0.15, -0.1) is 0 Å². The molecule has 2 heterocycles. The molecule has 1 aliphatic heterocycles. The van der Waals surface area contributed by atoms with Gasteiger partial charge in [-0.1, -0.05) is 43.7 Å². The quantitative estimate of drug-likeness (QED) is 0.594. The Morgan fingerprint density at radius 3 is 2.32 bits per heavy atom. The van der Waals surface area contributed by atoms with Crippen molar-refractivity contribution in [2.75, 3.05) is 6.54 Å². The summed E-state index contributed by atoms with van der Waals surface area (Å²) in [5.41, 5.74) is 2.81. The summed E-state index contributed by atoms with van der Waals surface area (Å²) in [6.45, 7) is 2.40. The third-order valence-corrected chi connectivity index (χ3v) is 5.42. The SMILES string of the molecule is CCCCN1C(=O)c2ccc(C(=O)NC(c3ccccc3)c3ccncc3)cc2C1=O. The maximum atomic E-state index is 13.1. The summed E-state index contributed by atoms with van der Waals surface area (Å²) in [5.74, 6) is -0.947. The third-order valence-electron chi connectivity index (χ3n) is 5.42. The van der Waals surface area contributed by atoms with Gasteiger partial charge in [0.1, 0.15) is 0 Å². The van der Waals surface area contributed by atoms with Gasteiger partial charge < -0.3 is 5.32 Å². The molecular formula is C25H23N3O3. The van der Waals surface area contributed by atoms with E-state index >= 15 is 0 Å². The zero-order valence-electron chi connectivity index (χ0n) is 17.2. The smallest absolute Gasteiger partial charge is 0.261 e. The first-order valence-electron chi connectivity index (χ1n) is 10.4. The minimum absolute atomic E-state index is 0.286. The van der Waals surface area contributed by atoms with Crippen molar-refractivity contribution in [1.29, 1.82) is 0 Å². The average molecular weight is 413 g/mol. The number of nitrogens with zero attached hydrogens (tertiary/aromatic N) is 2. The Morgan fingerprint density at radius 1 is 0.935 bits per heavy atom. The number of nitrogens with one attached hydrogen (secondary N) is 1. The summed E-state index contributed by atoms with van der Waals surface area (Å²) >= 11 is 0. The Bertz CT molecular complexity index is 1070. The lowest BCUT2D eigenvalue weighted by molar-refractivity contribution is 0.0652. The van der Waals surface area contributed by atoms with Crippen molar-refractivity contribution in [3.8, 4) is 0 Å². The molecular weight excluding hydrogens is 390 g/mol. The molecule has 1 atom stereocenters. The monoisotopic (exact) mass is 413 g/mol. The highest BCUT2D eigenvalue weighted by atomic mass is 16.2. The van der Waals surface area contributed by atoms with Gasteiger partial charge in [-0.05, 0) is 47.9 Å². The van der Waals surface area contributed by atoms with Crippen LogP contribution in [-0.2, 0) is 0 Å². The zero-order valence-corrected chi connectivity index (χ0v) is 17.2. The van der Waals surface area contributed by atoms with Crippen molar-refractivity contribution in [3.63, 3.8) is 0 Å². The van der Waals surface area contributed by atoms with Crippen molar-refractivity contribution >= 4 is 17.7 Å². The maximum absolute atomic E-state index is 13.1. The summed E-state index contributed by atoms with van der Waals surface area (Å²) in [4.78, 5) is 43.7. The molecule has 1 N–H and O–H groups in total. The summed E-state index contributed by atoms with van der Waals surface area (Å²) in [5, 5.41) is 3.05. The topological polar surface area (TPSA) is 79.4 Å². The van der Waals surface area contributed by atoms with Gasteiger partial charge in [0.05, 0.1) is 17.2 Å². The first kappa shape index (κ1) is 20.5. The highest BCUT2D eigenvalue weighted by Gasteiger charge is 2.35. The molecule has 0 radical (unpaired) electrons. The fraction of sp³-hybridized carbons (Fsp3) is 0.200. The van der Waals surface area contributed by atoms with Crippen LogP contribution in [0.1, 0.15) is 68.0 Å². The Kier molecular flexibility index (Phi) is 5.89. The second-order valence-corrected chi connectivity index (χ2v) is 7.47. The maximum Gasteiger partial charge on any atom is 0.261 e. The number of hydrogen-bond acceptors (Lipinski definition) is 4. The number of imide groups is 1. The van der Waals surface area contributed by atoms with Crippen molar-refractivity contribution in [3.05, 3.63) is 101 Å². The Morgan fingerprint density at radius 2 is 1.61 bits per heavy atom. The number of amides is 3. The van der Waals surface area contributed by atoms with Crippen LogP contribution in [0, 0.1) is 0 Å². The number of hydrogen-bond donors (Lipinski definition) is 1. The lowest BCUT2D eigenvalue weighted by Gasteiger charge is -2.20. The molecule has 6 heteroatoms. The average Bonchev–Trinajstić information content (AvgIpc) is 3.06. The number of unbranched alkanes of at least 4 members (excludes halogenated alkanes) is 1. The number of pyridine rings is 1. The number of carbonyl (C=O) groups excluding carboxylic acids is 3. The van der Waals surface area contributed by atoms with E-state index in [-0.39, 0.29) is 29.3 Å².